The number of pyridine rings is 2. The Bertz CT molecular complexity index is 1620. The highest BCUT2D eigenvalue weighted by Gasteiger charge is 2.22. The molecule has 0 saturated carbocycles. The smallest absolute Gasteiger partial charge is 0.140 e. The molecular weight excluding hydrogens is 406 g/mol. The van der Waals surface area contributed by atoms with E-state index in [-0.39, 0.29) is 5.54 Å². The molecule has 4 aromatic heterocycles. The zero-order valence-corrected chi connectivity index (χ0v) is 18.9. The summed E-state index contributed by atoms with van der Waals surface area (Å²) < 4.78 is 2.10. The first kappa shape index (κ1) is 19.6. The van der Waals surface area contributed by atoms with Gasteiger partial charge in [-0.2, -0.15) is 0 Å². The Morgan fingerprint density at radius 3 is 2.36 bits per heavy atom. The normalized spacial score (nSPS) is 12.1. The van der Waals surface area contributed by atoms with Crippen LogP contribution in [0.5, 0.6) is 0 Å². The van der Waals surface area contributed by atoms with Gasteiger partial charge in [0.25, 0.3) is 0 Å². The van der Waals surface area contributed by atoms with Crippen molar-refractivity contribution in [3.05, 3.63) is 85.1 Å². The van der Waals surface area contributed by atoms with Crippen LogP contribution in [-0.4, -0.2) is 24.9 Å². The van der Waals surface area contributed by atoms with Gasteiger partial charge in [0.1, 0.15) is 17.2 Å². The summed E-state index contributed by atoms with van der Waals surface area (Å²) in [5.41, 5.74) is 6.60. The second-order valence-electron chi connectivity index (χ2n) is 9.43. The monoisotopic (exact) mass is 431 g/mol. The van der Waals surface area contributed by atoms with E-state index in [9.17, 15) is 0 Å². The molecule has 2 aromatic carbocycles. The predicted octanol–water partition coefficient (Wildman–Crippen LogP) is 6.91. The molecule has 4 heterocycles. The highest BCUT2D eigenvalue weighted by Crippen LogP contribution is 2.37. The third-order valence-electron chi connectivity index (χ3n) is 5.81. The number of hydrogen-bond acceptors (Lipinski definition) is 3. The Kier molecular flexibility index (Phi) is 4.27. The van der Waals surface area contributed by atoms with Crippen molar-refractivity contribution in [3.63, 3.8) is 0 Å². The molecule has 0 amide bonds. The SMILES string of the molecule is CC(C)(C)Nc1c(-c2cc3c([nH]c4ccccc43)c(-c3ccccc3)n2)nc2ccccn12. The molecule has 0 unspecified atom stereocenters. The standard InChI is InChI=1S/C28H25N5/c1-28(2,3)32-27-26(31-23-15-9-10-16-33(23)27)22-17-20-19-13-7-8-14-21(19)29-25(20)24(30-22)18-11-5-4-6-12-18/h4-17,29,32H,1-3H3. The Morgan fingerprint density at radius 2 is 1.55 bits per heavy atom. The summed E-state index contributed by atoms with van der Waals surface area (Å²) in [6, 6.07) is 27.0. The van der Waals surface area contributed by atoms with E-state index in [0.717, 1.165) is 50.5 Å². The number of benzene rings is 2. The summed E-state index contributed by atoms with van der Waals surface area (Å²) in [5, 5.41) is 5.99. The molecule has 33 heavy (non-hydrogen) atoms. The van der Waals surface area contributed by atoms with E-state index in [1.165, 1.54) is 5.39 Å². The number of imidazole rings is 1. The van der Waals surface area contributed by atoms with Crippen LogP contribution in [0, 0.1) is 0 Å². The molecule has 5 nitrogen and oxygen atoms in total. The molecule has 0 atom stereocenters. The maximum Gasteiger partial charge on any atom is 0.140 e. The van der Waals surface area contributed by atoms with E-state index in [4.69, 9.17) is 9.97 Å². The number of fused-ring (bicyclic) bond motifs is 4. The van der Waals surface area contributed by atoms with Crippen LogP contribution in [-0.2, 0) is 0 Å². The van der Waals surface area contributed by atoms with Crippen molar-refractivity contribution in [2.75, 3.05) is 5.32 Å². The van der Waals surface area contributed by atoms with Gasteiger partial charge in [-0.15, -0.1) is 0 Å². The molecule has 5 heteroatoms. The van der Waals surface area contributed by atoms with Crippen LogP contribution >= 0.6 is 0 Å². The fraction of sp³-hybridized carbons (Fsp3) is 0.143. The number of hydrogen-bond donors (Lipinski definition) is 2. The van der Waals surface area contributed by atoms with Crippen LogP contribution in [0.15, 0.2) is 85.1 Å². The minimum atomic E-state index is -0.131. The molecule has 0 fully saturated rings. The lowest BCUT2D eigenvalue weighted by molar-refractivity contribution is 0.629. The van der Waals surface area contributed by atoms with Crippen molar-refractivity contribution in [3.8, 4) is 22.6 Å². The Hall–Kier alpha value is -4.12. The zero-order valence-electron chi connectivity index (χ0n) is 18.9. The molecule has 0 bridgehead atoms. The highest BCUT2D eigenvalue weighted by atomic mass is 15.2. The van der Waals surface area contributed by atoms with Crippen molar-refractivity contribution in [2.45, 2.75) is 26.3 Å². The van der Waals surface area contributed by atoms with E-state index in [0.29, 0.717) is 0 Å². The van der Waals surface area contributed by atoms with Crippen molar-refractivity contribution < 1.29 is 0 Å². The fourth-order valence-corrected chi connectivity index (χ4v) is 4.42. The van der Waals surface area contributed by atoms with E-state index in [1.54, 1.807) is 0 Å². The van der Waals surface area contributed by atoms with Crippen LogP contribution in [0.2, 0.25) is 0 Å². The Balaban J connectivity index is 1.70. The number of aromatic nitrogens is 4. The van der Waals surface area contributed by atoms with Crippen molar-refractivity contribution in [1.29, 1.82) is 0 Å². The number of aromatic amines is 1. The Labute approximate surface area is 192 Å². The second kappa shape index (κ2) is 7.20. The van der Waals surface area contributed by atoms with Crippen LogP contribution in [0.3, 0.4) is 0 Å². The predicted molar refractivity (Wildman–Crippen MR) is 137 cm³/mol. The number of rotatable bonds is 3. The van der Waals surface area contributed by atoms with Crippen LogP contribution in [0.4, 0.5) is 5.82 Å². The van der Waals surface area contributed by atoms with Crippen LogP contribution < -0.4 is 5.32 Å². The maximum atomic E-state index is 5.18. The summed E-state index contributed by atoms with van der Waals surface area (Å²) in [4.78, 5) is 13.8. The van der Waals surface area contributed by atoms with Gasteiger partial charge in [-0.1, -0.05) is 54.6 Å². The molecule has 6 rings (SSSR count). The van der Waals surface area contributed by atoms with Crippen molar-refractivity contribution in [2.24, 2.45) is 0 Å². The van der Waals surface area contributed by atoms with E-state index < -0.39 is 0 Å². The number of H-pyrrole nitrogens is 1. The lowest BCUT2D eigenvalue weighted by atomic mass is 10.1. The topological polar surface area (TPSA) is 58.0 Å². The first-order valence-corrected chi connectivity index (χ1v) is 11.2. The molecule has 0 radical (unpaired) electrons. The number of anilines is 1. The maximum absolute atomic E-state index is 5.18. The van der Waals surface area contributed by atoms with Gasteiger partial charge in [-0.05, 0) is 45.0 Å². The molecular formula is C28H25N5. The summed E-state index contributed by atoms with van der Waals surface area (Å²) in [6.45, 7) is 6.47. The molecule has 0 aliphatic carbocycles. The number of nitrogens with zero attached hydrogens (tertiary/aromatic N) is 3. The average molecular weight is 432 g/mol. The third kappa shape index (κ3) is 3.33. The quantitative estimate of drug-likeness (QED) is 0.320. The second-order valence-corrected chi connectivity index (χ2v) is 9.43. The number of para-hydroxylation sites is 1. The third-order valence-corrected chi connectivity index (χ3v) is 5.81. The first-order chi connectivity index (χ1) is 16.0. The highest BCUT2D eigenvalue weighted by molar-refractivity contribution is 6.12. The molecule has 0 spiro atoms. The summed E-state index contributed by atoms with van der Waals surface area (Å²) >= 11 is 0. The van der Waals surface area contributed by atoms with Crippen LogP contribution in [0.25, 0.3) is 50.1 Å². The minimum absolute atomic E-state index is 0.131. The van der Waals surface area contributed by atoms with Gasteiger partial charge in [0.2, 0.25) is 0 Å². The average Bonchev–Trinajstić information content (AvgIpc) is 3.36. The molecule has 2 N–H and O–H groups in total. The summed E-state index contributed by atoms with van der Waals surface area (Å²) in [7, 11) is 0. The molecule has 6 aromatic rings. The lowest BCUT2D eigenvalue weighted by Gasteiger charge is -2.22. The van der Waals surface area contributed by atoms with Crippen molar-refractivity contribution >= 4 is 33.3 Å². The minimum Gasteiger partial charge on any atom is -0.365 e. The molecule has 0 aliphatic rings. The largest absolute Gasteiger partial charge is 0.365 e. The summed E-state index contributed by atoms with van der Waals surface area (Å²) in [6.07, 6.45) is 2.04. The van der Waals surface area contributed by atoms with Gasteiger partial charge in [0, 0.05) is 33.6 Å². The number of nitrogens with one attached hydrogen (secondary N) is 2. The zero-order chi connectivity index (χ0) is 22.6. The fourth-order valence-electron chi connectivity index (χ4n) is 4.42. The lowest BCUT2D eigenvalue weighted by Crippen LogP contribution is -2.27. The molecule has 0 aliphatic heterocycles. The summed E-state index contributed by atoms with van der Waals surface area (Å²) in [5.74, 6) is 0.948. The Morgan fingerprint density at radius 1 is 0.788 bits per heavy atom. The van der Waals surface area contributed by atoms with Crippen molar-refractivity contribution in [1.82, 2.24) is 19.4 Å². The molecule has 0 saturated heterocycles. The van der Waals surface area contributed by atoms with E-state index in [1.807, 2.05) is 30.5 Å². The van der Waals surface area contributed by atoms with Crippen LogP contribution in [0.1, 0.15) is 20.8 Å². The van der Waals surface area contributed by atoms with Gasteiger partial charge in [0.15, 0.2) is 0 Å². The molecule has 162 valence electrons. The van der Waals surface area contributed by atoms with Gasteiger partial charge in [-0.3, -0.25) is 4.40 Å². The van der Waals surface area contributed by atoms with E-state index in [2.05, 4.69) is 90.1 Å². The van der Waals surface area contributed by atoms with Gasteiger partial charge in [0.05, 0.1) is 16.9 Å². The van der Waals surface area contributed by atoms with Gasteiger partial charge in [-0.25, -0.2) is 9.97 Å². The van der Waals surface area contributed by atoms with Gasteiger partial charge >= 0.3 is 0 Å². The van der Waals surface area contributed by atoms with E-state index >= 15 is 0 Å². The van der Waals surface area contributed by atoms with Gasteiger partial charge < -0.3 is 10.3 Å². The first-order valence-electron chi connectivity index (χ1n) is 11.2.